The molecule has 0 spiro atoms. The number of amides is 1. The van der Waals surface area contributed by atoms with E-state index >= 15 is 0 Å². The van der Waals surface area contributed by atoms with E-state index in [9.17, 15) is 4.79 Å². The van der Waals surface area contributed by atoms with Crippen molar-refractivity contribution in [3.8, 4) is 0 Å². The second kappa shape index (κ2) is 5.77. The predicted molar refractivity (Wildman–Crippen MR) is 96.9 cm³/mol. The van der Waals surface area contributed by atoms with Crippen molar-refractivity contribution >= 4 is 16.9 Å². The molecule has 1 saturated carbocycles. The van der Waals surface area contributed by atoms with Gasteiger partial charge in [-0.05, 0) is 44.0 Å². The monoisotopic (exact) mass is 336 g/mol. The number of carbonyl (C=O) groups excluding carboxylic acids is 1. The summed E-state index contributed by atoms with van der Waals surface area (Å²) in [5.74, 6) is 1.34. The van der Waals surface area contributed by atoms with Crippen LogP contribution in [0.1, 0.15) is 59.8 Å². The van der Waals surface area contributed by atoms with Crippen molar-refractivity contribution in [3.63, 3.8) is 0 Å². The minimum absolute atomic E-state index is 0.126. The summed E-state index contributed by atoms with van der Waals surface area (Å²) in [5.41, 5.74) is 4.97. The second-order valence-corrected chi connectivity index (χ2v) is 7.63. The van der Waals surface area contributed by atoms with Gasteiger partial charge in [0.05, 0.1) is 22.4 Å². The quantitative estimate of drug-likeness (QED) is 0.846. The number of rotatable bonds is 2. The molecule has 130 valence electrons. The van der Waals surface area contributed by atoms with E-state index < -0.39 is 0 Å². The average Bonchev–Trinajstić information content (AvgIpc) is 3.28. The Morgan fingerprint density at radius 3 is 2.40 bits per heavy atom. The van der Waals surface area contributed by atoms with E-state index in [1.165, 1.54) is 30.7 Å². The smallest absolute Gasteiger partial charge is 0.254 e. The number of hydrogen-bond donors (Lipinski definition) is 0. The Morgan fingerprint density at radius 2 is 1.72 bits per heavy atom. The zero-order valence-electron chi connectivity index (χ0n) is 14.7. The fraction of sp³-hybridized carbons (Fsp3) is 0.550. The Bertz CT molecular complexity index is 841. The van der Waals surface area contributed by atoms with Crippen LogP contribution < -0.4 is 0 Å². The van der Waals surface area contributed by atoms with E-state index in [-0.39, 0.29) is 5.91 Å². The van der Waals surface area contributed by atoms with E-state index in [4.69, 9.17) is 9.97 Å². The third kappa shape index (κ3) is 2.44. The Hall–Kier alpha value is -2.01. The summed E-state index contributed by atoms with van der Waals surface area (Å²) in [6.07, 6.45) is 3.73. The average molecular weight is 336 g/mol. The molecule has 2 atom stereocenters. The Balaban J connectivity index is 1.44. The van der Waals surface area contributed by atoms with Gasteiger partial charge >= 0.3 is 0 Å². The van der Waals surface area contributed by atoms with E-state index in [2.05, 4.69) is 11.8 Å². The lowest BCUT2D eigenvalue weighted by molar-refractivity contribution is 0.0643. The van der Waals surface area contributed by atoms with E-state index in [0.29, 0.717) is 11.8 Å². The fourth-order valence-corrected chi connectivity index (χ4v) is 4.74. The number of likely N-dealkylation sites (N-methyl/N-ethyl adjacent to an activating group) is 1. The highest BCUT2D eigenvalue weighted by Crippen LogP contribution is 2.51. The van der Waals surface area contributed by atoms with E-state index in [1.807, 2.05) is 23.1 Å². The normalized spacial score (nSPS) is 25.6. The van der Waals surface area contributed by atoms with Gasteiger partial charge < -0.3 is 9.80 Å². The van der Waals surface area contributed by atoms with Gasteiger partial charge in [0.25, 0.3) is 5.91 Å². The van der Waals surface area contributed by atoms with Crippen LogP contribution in [0.25, 0.3) is 11.0 Å². The van der Waals surface area contributed by atoms with Gasteiger partial charge in [-0.1, -0.05) is 6.92 Å². The molecular formula is C20H24N4O. The molecule has 3 aliphatic rings. The first-order chi connectivity index (χ1) is 12.2. The number of fused-ring (bicyclic) bond motifs is 6. The summed E-state index contributed by atoms with van der Waals surface area (Å²) < 4.78 is 0. The minimum Gasteiger partial charge on any atom is -0.336 e. The van der Waals surface area contributed by atoms with E-state index in [1.54, 1.807) is 0 Å². The van der Waals surface area contributed by atoms with Crippen LogP contribution in [-0.2, 0) is 0 Å². The highest BCUT2D eigenvalue weighted by atomic mass is 16.2. The lowest BCUT2D eigenvalue weighted by Gasteiger charge is -2.34. The van der Waals surface area contributed by atoms with Gasteiger partial charge in [0.2, 0.25) is 0 Å². The molecule has 2 aliphatic carbocycles. The van der Waals surface area contributed by atoms with Crippen LogP contribution in [0, 0.1) is 0 Å². The molecule has 2 bridgehead atoms. The molecule has 5 nitrogen and oxygen atoms in total. The van der Waals surface area contributed by atoms with E-state index in [0.717, 1.165) is 49.3 Å². The second-order valence-electron chi connectivity index (χ2n) is 7.63. The number of hydrogen-bond acceptors (Lipinski definition) is 4. The lowest BCUT2D eigenvalue weighted by atomic mass is 10.00. The number of aromatic nitrogens is 2. The topological polar surface area (TPSA) is 49.3 Å². The number of nitrogens with zero attached hydrogens (tertiary/aromatic N) is 4. The highest BCUT2D eigenvalue weighted by Gasteiger charge is 2.39. The molecule has 2 fully saturated rings. The summed E-state index contributed by atoms with van der Waals surface area (Å²) in [5, 5.41) is 0. The maximum atomic E-state index is 12.9. The Morgan fingerprint density at radius 1 is 1.04 bits per heavy atom. The van der Waals surface area contributed by atoms with Gasteiger partial charge in [-0.15, -0.1) is 0 Å². The van der Waals surface area contributed by atoms with Gasteiger partial charge in [0, 0.05) is 43.6 Å². The van der Waals surface area contributed by atoms with Crippen LogP contribution in [-0.4, -0.2) is 58.4 Å². The molecule has 2 aromatic rings. The molecule has 1 aromatic carbocycles. The van der Waals surface area contributed by atoms with Crippen molar-refractivity contribution in [2.75, 3.05) is 32.7 Å². The molecule has 2 unspecified atom stereocenters. The van der Waals surface area contributed by atoms with Gasteiger partial charge in [-0.25, -0.2) is 9.97 Å². The summed E-state index contributed by atoms with van der Waals surface area (Å²) in [6, 6.07) is 5.85. The third-order valence-electron chi connectivity index (χ3n) is 6.28. The summed E-state index contributed by atoms with van der Waals surface area (Å²) in [7, 11) is 0. The van der Waals surface area contributed by atoms with Crippen molar-refractivity contribution in [2.24, 2.45) is 0 Å². The predicted octanol–water partition coefficient (Wildman–Crippen LogP) is 2.77. The van der Waals surface area contributed by atoms with Crippen LogP contribution in [0.15, 0.2) is 18.2 Å². The molecule has 25 heavy (non-hydrogen) atoms. The lowest BCUT2D eigenvalue weighted by Crippen LogP contribution is -2.48. The van der Waals surface area contributed by atoms with Gasteiger partial charge in [-0.2, -0.15) is 0 Å². The molecule has 1 amide bonds. The summed E-state index contributed by atoms with van der Waals surface area (Å²) >= 11 is 0. The molecule has 0 radical (unpaired) electrons. The number of carbonyl (C=O) groups is 1. The Kier molecular flexibility index (Phi) is 3.52. The number of benzene rings is 1. The standard InChI is InChI=1S/C20H24N4O/c1-2-23-7-9-24(10-8-23)20(25)15-5-6-16-17(12-15)22-19-14-4-3-13(11-14)18(19)21-16/h5-6,12-14H,2-4,7-11H2,1H3. The van der Waals surface area contributed by atoms with Gasteiger partial charge in [0.1, 0.15) is 0 Å². The van der Waals surface area contributed by atoms with Crippen molar-refractivity contribution in [1.29, 1.82) is 0 Å². The molecule has 5 rings (SSSR count). The van der Waals surface area contributed by atoms with Crippen LogP contribution in [0.5, 0.6) is 0 Å². The SMILES string of the molecule is CCN1CCN(C(=O)c2ccc3nc4c(nc3c2)C2CCC4C2)CC1. The molecule has 1 aromatic heterocycles. The Labute approximate surface area is 148 Å². The largest absolute Gasteiger partial charge is 0.336 e. The number of piperazine rings is 1. The summed E-state index contributed by atoms with van der Waals surface area (Å²) in [6.45, 7) is 6.78. The van der Waals surface area contributed by atoms with Crippen molar-refractivity contribution in [3.05, 3.63) is 35.2 Å². The van der Waals surface area contributed by atoms with Crippen LogP contribution >= 0.6 is 0 Å². The highest BCUT2D eigenvalue weighted by molar-refractivity contribution is 5.97. The third-order valence-corrected chi connectivity index (χ3v) is 6.28. The first-order valence-corrected chi connectivity index (χ1v) is 9.56. The summed E-state index contributed by atoms with van der Waals surface area (Å²) in [4.78, 5) is 27.0. The van der Waals surface area contributed by atoms with Crippen molar-refractivity contribution < 1.29 is 4.79 Å². The minimum atomic E-state index is 0.126. The zero-order valence-corrected chi connectivity index (χ0v) is 14.7. The zero-order chi connectivity index (χ0) is 17.0. The first-order valence-electron chi connectivity index (χ1n) is 9.56. The molecular weight excluding hydrogens is 312 g/mol. The van der Waals surface area contributed by atoms with Gasteiger partial charge in [-0.3, -0.25) is 4.79 Å². The fourth-order valence-electron chi connectivity index (χ4n) is 4.74. The maximum absolute atomic E-state index is 12.9. The van der Waals surface area contributed by atoms with Crippen molar-refractivity contribution in [2.45, 2.75) is 38.0 Å². The molecule has 5 heteroatoms. The molecule has 1 aliphatic heterocycles. The molecule has 0 N–H and O–H groups in total. The van der Waals surface area contributed by atoms with Crippen LogP contribution in [0.3, 0.4) is 0 Å². The maximum Gasteiger partial charge on any atom is 0.254 e. The first kappa shape index (κ1) is 15.3. The van der Waals surface area contributed by atoms with Crippen molar-refractivity contribution in [1.82, 2.24) is 19.8 Å². The molecule has 2 heterocycles. The van der Waals surface area contributed by atoms with Crippen LogP contribution in [0.2, 0.25) is 0 Å². The van der Waals surface area contributed by atoms with Gasteiger partial charge in [0.15, 0.2) is 0 Å². The molecule has 1 saturated heterocycles. The van der Waals surface area contributed by atoms with Crippen LogP contribution in [0.4, 0.5) is 0 Å².